The summed E-state index contributed by atoms with van der Waals surface area (Å²) in [5.74, 6) is 0.427. The molecule has 4 heterocycles. The largest absolute Gasteiger partial charge is 0.434 e. The van der Waals surface area contributed by atoms with E-state index in [1.165, 1.54) is 24.5 Å². The van der Waals surface area contributed by atoms with Crippen LogP contribution in [0.4, 0.5) is 18.9 Å². The monoisotopic (exact) mass is 511 g/mol. The number of imidazole rings is 1. The summed E-state index contributed by atoms with van der Waals surface area (Å²) in [6.45, 7) is 0.262. The first-order valence-corrected chi connectivity index (χ1v) is 11.9. The van der Waals surface area contributed by atoms with Gasteiger partial charge in [-0.3, -0.25) is 0 Å². The van der Waals surface area contributed by atoms with Gasteiger partial charge in [-0.05, 0) is 32.0 Å². The van der Waals surface area contributed by atoms with Crippen LogP contribution in [0.2, 0.25) is 0 Å². The van der Waals surface area contributed by atoms with Gasteiger partial charge in [0.05, 0.1) is 29.7 Å². The minimum atomic E-state index is -3.00. The van der Waals surface area contributed by atoms with E-state index in [4.69, 9.17) is 9.72 Å². The van der Waals surface area contributed by atoms with Crippen molar-refractivity contribution in [3.63, 3.8) is 0 Å². The lowest BCUT2D eigenvalue weighted by Gasteiger charge is -2.36. The van der Waals surface area contributed by atoms with Crippen molar-refractivity contribution >= 4 is 16.7 Å². The fraction of sp³-hybridized carbons (Fsp3) is 0.346. The highest BCUT2D eigenvalue weighted by Crippen LogP contribution is 2.55. The molecule has 0 saturated carbocycles. The molecule has 0 spiro atoms. The zero-order valence-corrected chi connectivity index (χ0v) is 20.1. The van der Waals surface area contributed by atoms with Crippen molar-refractivity contribution in [2.75, 3.05) is 18.1 Å². The molecule has 2 N–H and O–H groups in total. The van der Waals surface area contributed by atoms with Gasteiger partial charge in [0.25, 0.3) is 0 Å². The third kappa shape index (κ3) is 3.72. The van der Waals surface area contributed by atoms with Crippen LogP contribution in [-0.2, 0) is 5.60 Å². The van der Waals surface area contributed by atoms with E-state index in [1.54, 1.807) is 26.0 Å². The maximum atomic E-state index is 15.2. The number of aliphatic hydroxyl groups excluding tert-OH is 1. The van der Waals surface area contributed by atoms with Crippen molar-refractivity contribution in [1.82, 2.24) is 19.5 Å². The van der Waals surface area contributed by atoms with Crippen molar-refractivity contribution < 1.29 is 28.1 Å². The number of aliphatic hydroxyl groups is 2. The normalized spacial score (nSPS) is 18.4. The number of fused-ring (bicyclic) bond motifs is 9. The van der Waals surface area contributed by atoms with Gasteiger partial charge in [0.15, 0.2) is 5.82 Å². The Morgan fingerprint density at radius 1 is 1.16 bits per heavy atom. The summed E-state index contributed by atoms with van der Waals surface area (Å²) in [6.07, 6.45) is 3.46. The Bertz CT molecular complexity index is 1500. The molecule has 2 atom stereocenters. The lowest BCUT2D eigenvalue weighted by molar-refractivity contribution is -0.0507. The van der Waals surface area contributed by atoms with Gasteiger partial charge in [0.2, 0.25) is 0 Å². The van der Waals surface area contributed by atoms with E-state index in [0.717, 1.165) is 0 Å². The van der Waals surface area contributed by atoms with Gasteiger partial charge in [-0.25, -0.2) is 19.3 Å². The number of rotatable bonds is 6. The van der Waals surface area contributed by atoms with Crippen LogP contribution in [-0.4, -0.2) is 49.5 Å². The first-order chi connectivity index (χ1) is 17.7. The Hall–Kier alpha value is -3.70. The van der Waals surface area contributed by atoms with Gasteiger partial charge < -0.3 is 24.4 Å². The predicted octanol–water partition coefficient (Wildman–Crippen LogP) is 4.31. The first kappa shape index (κ1) is 23.7. The van der Waals surface area contributed by atoms with Crippen LogP contribution >= 0.6 is 0 Å². The van der Waals surface area contributed by atoms with E-state index in [-0.39, 0.29) is 42.4 Å². The zero-order chi connectivity index (χ0) is 26.1. The summed E-state index contributed by atoms with van der Waals surface area (Å²) >= 11 is 0. The van der Waals surface area contributed by atoms with Crippen molar-refractivity contribution in [3.05, 3.63) is 65.8 Å². The van der Waals surface area contributed by atoms with Crippen LogP contribution in [0.25, 0.3) is 22.2 Å². The number of aromatic nitrogens is 4. The van der Waals surface area contributed by atoms with Crippen molar-refractivity contribution in [1.29, 1.82) is 0 Å². The maximum absolute atomic E-state index is 15.2. The van der Waals surface area contributed by atoms with Gasteiger partial charge in [0.1, 0.15) is 23.0 Å². The number of benzene rings is 2. The average molecular weight is 512 g/mol. The average Bonchev–Trinajstić information content (AvgIpc) is 3.35. The Labute approximate surface area is 210 Å². The van der Waals surface area contributed by atoms with E-state index in [2.05, 4.69) is 9.97 Å². The molecule has 37 heavy (non-hydrogen) atoms. The summed E-state index contributed by atoms with van der Waals surface area (Å²) in [6, 6.07) is 7.40. The number of nitrogens with zero attached hydrogens (tertiary/aromatic N) is 5. The molecule has 2 aliphatic rings. The fourth-order valence-corrected chi connectivity index (χ4v) is 5.51. The number of β-amino-alcohol motifs (C(OH)–C–C–N with tert-alkyl or cyclic N) is 1. The molecule has 6 rings (SSSR count). The van der Waals surface area contributed by atoms with Crippen LogP contribution in [0.5, 0.6) is 5.75 Å². The van der Waals surface area contributed by atoms with Crippen LogP contribution in [0.1, 0.15) is 49.6 Å². The maximum Gasteiger partial charge on any atom is 0.387 e. The molecule has 8 nitrogen and oxygen atoms in total. The fourth-order valence-electron chi connectivity index (χ4n) is 5.51. The molecule has 4 aromatic rings. The Morgan fingerprint density at radius 2 is 1.92 bits per heavy atom. The summed E-state index contributed by atoms with van der Waals surface area (Å²) in [5, 5.41) is 19.9. The number of anilines is 1. The summed E-state index contributed by atoms with van der Waals surface area (Å²) in [5.41, 5.74) is 1.78. The molecule has 0 amide bonds. The summed E-state index contributed by atoms with van der Waals surface area (Å²) < 4.78 is 48.7. The molecule has 11 heteroatoms. The molecular formula is C26H24F3N5O3. The quantitative estimate of drug-likeness (QED) is 0.398. The first-order valence-electron chi connectivity index (χ1n) is 11.9. The topological polar surface area (TPSA) is 96.5 Å². The van der Waals surface area contributed by atoms with Crippen molar-refractivity contribution in [2.45, 2.75) is 44.6 Å². The third-order valence-electron chi connectivity index (χ3n) is 6.99. The molecule has 0 radical (unpaired) electrons. The summed E-state index contributed by atoms with van der Waals surface area (Å²) in [7, 11) is 0. The molecule has 2 aromatic carbocycles. The van der Waals surface area contributed by atoms with Crippen LogP contribution in [0.3, 0.4) is 0 Å². The van der Waals surface area contributed by atoms with Crippen molar-refractivity contribution in [2.24, 2.45) is 0 Å². The lowest BCUT2D eigenvalue weighted by Crippen LogP contribution is -2.34. The molecule has 0 unspecified atom stereocenters. The van der Waals surface area contributed by atoms with E-state index in [9.17, 15) is 19.0 Å². The highest BCUT2D eigenvalue weighted by Gasteiger charge is 2.45. The minimum absolute atomic E-state index is 0.0616. The van der Waals surface area contributed by atoms with E-state index in [1.807, 2.05) is 15.5 Å². The van der Waals surface area contributed by atoms with E-state index < -0.39 is 18.0 Å². The van der Waals surface area contributed by atoms with Gasteiger partial charge >= 0.3 is 6.61 Å². The van der Waals surface area contributed by atoms with Gasteiger partial charge in [0, 0.05) is 53.8 Å². The number of alkyl halides is 2. The lowest BCUT2D eigenvalue weighted by atomic mass is 9.93. The van der Waals surface area contributed by atoms with E-state index >= 15 is 4.39 Å². The predicted molar refractivity (Wildman–Crippen MR) is 129 cm³/mol. The number of hydrogen-bond donors (Lipinski definition) is 2. The second kappa shape index (κ2) is 8.42. The summed E-state index contributed by atoms with van der Waals surface area (Å²) in [4.78, 5) is 15.1. The van der Waals surface area contributed by atoms with Crippen molar-refractivity contribution in [3.8, 4) is 16.9 Å². The zero-order valence-electron chi connectivity index (χ0n) is 20.1. The van der Waals surface area contributed by atoms with Gasteiger partial charge in [-0.1, -0.05) is 6.07 Å². The highest BCUT2D eigenvalue weighted by molar-refractivity contribution is 5.84. The van der Waals surface area contributed by atoms with Gasteiger partial charge in [-0.2, -0.15) is 8.78 Å². The molecule has 192 valence electrons. The molecular weight excluding hydrogens is 487 g/mol. The Kier molecular flexibility index (Phi) is 5.39. The molecule has 0 fully saturated rings. The Morgan fingerprint density at radius 3 is 2.59 bits per heavy atom. The van der Waals surface area contributed by atoms with Crippen LogP contribution in [0.15, 0.2) is 42.7 Å². The molecule has 0 saturated heterocycles. The second-order valence-electron chi connectivity index (χ2n) is 9.77. The number of hydrogen-bond acceptors (Lipinski definition) is 7. The Balaban J connectivity index is 1.53. The highest BCUT2D eigenvalue weighted by atomic mass is 19.3. The SMILES string of the molecule is CC(C)(O)c1ncc(-c2cc3c(cc2F)nc2n3[C@@H]3C[C@H]2N(CCO)c2cccc(OC(F)F)c23)cn1. The smallest absolute Gasteiger partial charge is 0.387 e. The molecule has 0 aliphatic carbocycles. The molecule has 2 bridgehead atoms. The van der Waals surface area contributed by atoms with Crippen LogP contribution in [0, 0.1) is 5.82 Å². The molecule has 2 aromatic heterocycles. The number of ether oxygens (including phenoxy) is 1. The second-order valence-corrected chi connectivity index (χ2v) is 9.77. The minimum Gasteiger partial charge on any atom is -0.434 e. The standard InChI is InChI=1S/C26H24F3N5O3/c1-26(2,36)24-30-11-13(12-31-24)14-8-18-16(9-15(14)27)32-23-20-10-19(34(18)23)22-17(33(20)6-7-35)4-3-5-21(22)37-25(28)29/h3-5,8-9,11-12,19-20,25,35-36H,6-7,10H2,1-2H3/t19-,20-/m1/s1. The van der Waals surface area contributed by atoms with Gasteiger partial charge in [-0.15, -0.1) is 0 Å². The third-order valence-corrected chi connectivity index (χ3v) is 6.99. The van der Waals surface area contributed by atoms with E-state index in [0.29, 0.717) is 40.1 Å². The number of halogens is 3. The molecule has 2 aliphatic heterocycles. The van der Waals surface area contributed by atoms with Crippen LogP contribution < -0.4 is 9.64 Å².